The van der Waals surface area contributed by atoms with Crippen LogP contribution in [0.4, 0.5) is 5.82 Å². The van der Waals surface area contributed by atoms with E-state index in [1.807, 2.05) is 24.3 Å². The van der Waals surface area contributed by atoms with Gasteiger partial charge in [0.25, 0.3) is 5.91 Å². The molecule has 0 saturated heterocycles. The molecule has 104 valence electrons. The van der Waals surface area contributed by atoms with Gasteiger partial charge in [0.05, 0.1) is 5.56 Å². The van der Waals surface area contributed by atoms with Crippen LogP contribution in [0.3, 0.4) is 0 Å². The number of nitrogen functional groups attached to an aromatic ring is 1. The van der Waals surface area contributed by atoms with Gasteiger partial charge >= 0.3 is 0 Å². The second kappa shape index (κ2) is 4.76. The third kappa shape index (κ3) is 2.10. The molecule has 1 amide bonds. The normalized spacial score (nSPS) is 16.5. The summed E-state index contributed by atoms with van der Waals surface area (Å²) in [5, 5.41) is 4.81. The van der Waals surface area contributed by atoms with Crippen molar-refractivity contribution in [3.63, 3.8) is 0 Å². The molecule has 1 aromatic carbocycles. The van der Waals surface area contributed by atoms with E-state index in [0.717, 1.165) is 23.6 Å². The number of nitrogens with one attached hydrogen (secondary N) is 2. The van der Waals surface area contributed by atoms with Crippen molar-refractivity contribution in [2.24, 2.45) is 5.84 Å². The Morgan fingerprint density at radius 3 is 2.60 bits per heavy atom. The van der Waals surface area contributed by atoms with Gasteiger partial charge in [-0.2, -0.15) is 0 Å². The zero-order valence-corrected chi connectivity index (χ0v) is 11.4. The van der Waals surface area contributed by atoms with E-state index < -0.39 is 0 Å². The number of hydrogen-bond donors (Lipinski definition) is 3. The Labute approximate surface area is 117 Å². The molecule has 1 aromatic heterocycles. The minimum atomic E-state index is -0.0699. The molecule has 1 saturated carbocycles. The predicted molar refractivity (Wildman–Crippen MR) is 79.3 cm³/mol. The average molecular weight is 270 g/mol. The van der Waals surface area contributed by atoms with Gasteiger partial charge in [-0.1, -0.05) is 24.3 Å². The number of carbonyl (C=O) groups excluding carboxylic acids is 1. The highest BCUT2D eigenvalue weighted by atomic mass is 16.1. The van der Waals surface area contributed by atoms with E-state index in [1.165, 1.54) is 6.42 Å². The van der Waals surface area contributed by atoms with Crippen molar-refractivity contribution < 1.29 is 4.79 Å². The SMILES string of the molecule is CC1(NC(=O)c2cnc(NN)c3ccccc23)CCC1. The number of anilines is 1. The highest BCUT2D eigenvalue weighted by molar-refractivity contribution is 6.09. The van der Waals surface area contributed by atoms with Crippen LogP contribution >= 0.6 is 0 Å². The molecular formula is C15H18N4O. The van der Waals surface area contributed by atoms with Crippen LogP contribution in [0, 0.1) is 0 Å². The number of nitrogens with two attached hydrogens (primary N) is 1. The summed E-state index contributed by atoms with van der Waals surface area (Å²) in [6, 6.07) is 7.62. The van der Waals surface area contributed by atoms with Crippen molar-refractivity contribution in [1.29, 1.82) is 0 Å². The van der Waals surface area contributed by atoms with Crippen molar-refractivity contribution in [1.82, 2.24) is 10.3 Å². The molecule has 0 radical (unpaired) electrons. The Hall–Kier alpha value is -2.14. The highest BCUT2D eigenvalue weighted by Crippen LogP contribution is 2.32. The van der Waals surface area contributed by atoms with E-state index in [-0.39, 0.29) is 11.4 Å². The van der Waals surface area contributed by atoms with E-state index in [4.69, 9.17) is 5.84 Å². The van der Waals surface area contributed by atoms with Gasteiger partial charge in [-0.15, -0.1) is 0 Å². The van der Waals surface area contributed by atoms with Crippen LogP contribution < -0.4 is 16.6 Å². The van der Waals surface area contributed by atoms with Gasteiger partial charge < -0.3 is 10.7 Å². The lowest BCUT2D eigenvalue weighted by atomic mass is 9.78. The number of hydrogen-bond acceptors (Lipinski definition) is 4. The molecule has 5 heteroatoms. The number of fused-ring (bicyclic) bond motifs is 1. The van der Waals surface area contributed by atoms with E-state index >= 15 is 0 Å². The standard InChI is InChI=1S/C15H18N4O/c1-15(7-4-8-15)18-14(20)12-9-17-13(19-16)11-6-3-2-5-10(11)12/h2-3,5-6,9H,4,7-8,16H2,1H3,(H,17,19)(H,18,20). The molecule has 0 spiro atoms. The zero-order valence-electron chi connectivity index (χ0n) is 11.4. The molecular weight excluding hydrogens is 252 g/mol. The molecule has 1 heterocycles. The van der Waals surface area contributed by atoms with E-state index in [9.17, 15) is 4.79 Å². The van der Waals surface area contributed by atoms with Gasteiger partial charge in [-0.05, 0) is 31.6 Å². The van der Waals surface area contributed by atoms with Crippen LogP contribution in [0.1, 0.15) is 36.5 Å². The number of hydrazine groups is 1. The number of pyridine rings is 1. The molecule has 2 aromatic rings. The first-order valence-electron chi connectivity index (χ1n) is 6.80. The van der Waals surface area contributed by atoms with E-state index in [0.29, 0.717) is 11.4 Å². The lowest BCUT2D eigenvalue weighted by Crippen LogP contribution is -2.51. The van der Waals surface area contributed by atoms with Gasteiger partial charge in [0.1, 0.15) is 5.82 Å². The molecule has 0 aliphatic heterocycles. The van der Waals surface area contributed by atoms with Crippen molar-refractivity contribution in [3.8, 4) is 0 Å². The monoisotopic (exact) mass is 270 g/mol. The van der Waals surface area contributed by atoms with Crippen molar-refractivity contribution in [2.45, 2.75) is 31.7 Å². The van der Waals surface area contributed by atoms with Gasteiger partial charge in [0.2, 0.25) is 0 Å². The quantitative estimate of drug-likeness (QED) is 0.590. The first-order chi connectivity index (χ1) is 9.63. The lowest BCUT2D eigenvalue weighted by molar-refractivity contribution is 0.0852. The van der Waals surface area contributed by atoms with Gasteiger partial charge in [0.15, 0.2) is 0 Å². The predicted octanol–water partition coefficient (Wildman–Crippen LogP) is 2.19. The largest absolute Gasteiger partial charge is 0.347 e. The lowest BCUT2D eigenvalue weighted by Gasteiger charge is -2.39. The number of benzene rings is 1. The first-order valence-corrected chi connectivity index (χ1v) is 6.80. The summed E-state index contributed by atoms with van der Waals surface area (Å²) < 4.78 is 0. The number of rotatable bonds is 3. The van der Waals surface area contributed by atoms with E-state index in [1.54, 1.807) is 6.20 Å². The fourth-order valence-electron chi connectivity index (χ4n) is 2.66. The molecule has 4 N–H and O–H groups in total. The van der Waals surface area contributed by atoms with Crippen molar-refractivity contribution in [3.05, 3.63) is 36.0 Å². The molecule has 0 unspecified atom stereocenters. The van der Waals surface area contributed by atoms with Gasteiger partial charge in [-0.25, -0.2) is 10.8 Å². The van der Waals surface area contributed by atoms with Gasteiger partial charge in [0, 0.05) is 17.1 Å². The summed E-state index contributed by atoms with van der Waals surface area (Å²) in [5.41, 5.74) is 3.09. The Morgan fingerprint density at radius 1 is 1.30 bits per heavy atom. The van der Waals surface area contributed by atoms with Crippen molar-refractivity contribution in [2.75, 3.05) is 5.43 Å². The third-order valence-electron chi connectivity index (χ3n) is 4.05. The minimum Gasteiger partial charge on any atom is -0.347 e. The molecule has 5 nitrogen and oxygen atoms in total. The molecule has 0 atom stereocenters. The Bertz CT molecular complexity index is 664. The first kappa shape index (κ1) is 12.9. The molecule has 1 aliphatic carbocycles. The molecule has 1 fully saturated rings. The molecule has 0 bridgehead atoms. The maximum atomic E-state index is 12.5. The minimum absolute atomic E-state index is 0.0665. The van der Waals surface area contributed by atoms with Crippen LogP contribution in [0.5, 0.6) is 0 Å². The second-order valence-electron chi connectivity index (χ2n) is 5.58. The topological polar surface area (TPSA) is 80.0 Å². The number of nitrogens with zero attached hydrogens (tertiary/aromatic N) is 1. The van der Waals surface area contributed by atoms with Crippen LogP contribution in [-0.2, 0) is 0 Å². The summed E-state index contributed by atoms with van der Waals surface area (Å²) in [4.78, 5) is 16.7. The summed E-state index contributed by atoms with van der Waals surface area (Å²) in [7, 11) is 0. The Balaban J connectivity index is 2.01. The summed E-state index contributed by atoms with van der Waals surface area (Å²) >= 11 is 0. The third-order valence-corrected chi connectivity index (χ3v) is 4.05. The summed E-state index contributed by atoms with van der Waals surface area (Å²) in [6.45, 7) is 2.08. The maximum Gasteiger partial charge on any atom is 0.253 e. The molecule has 3 rings (SSSR count). The van der Waals surface area contributed by atoms with Crippen LogP contribution in [0.15, 0.2) is 30.5 Å². The molecule has 20 heavy (non-hydrogen) atoms. The Morgan fingerprint density at radius 2 is 2.00 bits per heavy atom. The maximum absolute atomic E-state index is 12.5. The number of carbonyl (C=O) groups is 1. The van der Waals surface area contributed by atoms with Gasteiger partial charge in [-0.3, -0.25) is 4.79 Å². The Kier molecular flexibility index (Phi) is 3.06. The second-order valence-corrected chi connectivity index (χ2v) is 5.58. The number of amides is 1. The summed E-state index contributed by atoms with van der Waals surface area (Å²) in [6.07, 6.45) is 4.82. The highest BCUT2D eigenvalue weighted by Gasteiger charge is 2.33. The fraction of sp³-hybridized carbons (Fsp3) is 0.333. The van der Waals surface area contributed by atoms with Crippen LogP contribution in [0.25, 0.3) is 10.8 Å². The van der Waals surface area contributed by atoms with E-state index in [2.05, 4.69) is 22.7 Å². The van der Waals surface area contributed by atoms with Crippen LogP contribution in [0.2, 0.25) is 0 Å². The van der Waals surface area contributed by atoms with Crippen LogP contribution in [-0.4, -0.2) is 16.4 Å². The fourth-order valence-corrected chi connectivity index (χ4v) is 2.66. The zero-order chi connectivity index (χ0) is 14.2. The number of aromatic nitrogens is 1. The smallest absolute Gasteiger partial charge is 0.253 e. The van der Waals surface area contributed by atoms with Crippen molar-refractivity contribution >= 4 is 22.5 Å². The molecule has 1 aliphatic rings. The summed E-state index contributed by atoms with van der Waals surface area (Å²) in [5.74, 6) is 5.97. The average Bonchev–Trinajstić information content (AvgIpc) is 2.44.